The molecule has 0 aliphatic carbocycles. The van der Waals surface area contributed by atoms with Crippen LogP contribution in [0.5, 0.6) is 5.75 Å². The van der Waals surface area contributed by atoms with E-state index in [2.05, 4.69) is 27.7 Å². The average Bonchev–Trinajstić information content (AvgIpc) is 2.49. The van der Waals surface area contributed by atoms with Crippen LogP contribution in [0, 0.1) is 4.91 Å². The highest BCUT2D eigenvalue weighted by atomic mass is 32.1. The molecule has 0 fully saturated rings. The number of hydrogen-bond acceptors (Lipinski definition) is 7. The maximum atomic E-state index is 11.8. The summed E-state index contributed by atoms with van der Waals surface area (Å²) in [7, 11) is 0. The van der Waals surface area contributed by atoms with Crippen LogP contribution in [0.2, 0.25) is 0 Å². The Kier molecular flexibility index (Phi) is 7.79. The third-order valence-corrected chi connectivity index (χ3v) is 2.84. The largest absolute Gasteiger partial charge is 0.425 e. The molecule has 9 heteroatoms. The van der Waals surface area contributed by atoms with Crippen LogP contribution in [0.1, 0.15) is 18.4 Å². The molecule has 5 N–H and O–H groups in total. The van der Waals surface area contributed by atoms with Crippen LogP contribution in [0.15, 0.2) is 29.6 Å². The van der Waals surface area contributed by atoms with E-state index in [9.17, 15) is 9.70 Å². The minimum absolute atomic E-state index is 0.00557. The number of rotatable bonds is 9. The average molecular weight is 326 g/mol. The van der Waals surface area contributed by atoms with Crippen molar-refractivity contribution in [2.24, 2.45) is 16.8 Å². The zero-order valence-corrected chi connectivity index (χ0v) is 12.7. The zero-order valence-electron chi connectivity index (χ0n) is 11.9. The highest BCUT2D eigenvalue weighted by molar-refractivity contribution is 7.80. The summed E-state index contributed by atoms with van der Waals surface area (Å²) in [5.41, 5.74) is 11.7. The third kappa shape index (κ3) is 6.95. The van der Waals surface area contributed by atoms with Crippen molar-refractivity contribution in [1.82, 2.24) is 5.32 Å². The van der Waals surface area contributed by atoms with Crippen LogP contribution in [-0.4, -0.2) is 23.7 Å². The Morgan fingerprint density at radius 3 is 2.91 bits per heavy atom. The Balaban J connectivity index is 2.42. The summed E-state index contributed by atoms with van der Waals surface area (Å²) in [6.45, 7) is 0.549. The number of nitrogens with one attached hydrogen (secondary N) is 1. The van der Waals surface area contributed by atoms with E-state index in [1.165, 1.54) is 0 Å². The van der Waals surface area contributed by atoms with Crippen LogP contribution >= 0.6 is 12.2 Å². The molecule has 0 radical (unpaired) electrons. The van der Waals surface area contributed by atoms with Gasteiger partial charge in [0, 0.05) is 6.54 Å². The van der Waals surface area contributed by atoms with Gasteiger partial charge in [-0.3, -0.25) is 0 Å². The molecule has 0 amide bonds. The second-order valence-electron chi connectivity index (χ2n) is 4.46. The van der Waals surface area contributed by atoms with E-state index in [1.807, 2.05) is 0 Å². The van der Waals surface area contributed by atoms with Gasteiger partial charge in [-0.2, -0.15) is 0 Å². The van der Waals surface area contributed by atoms with Crippen LogP contribution in [0.3, 0.4) is 0 Å². The van der Waals surface area contributed by atoms with Gasteiger partial charge in [-0.1, -0.05) is 12.1 Å². The molecule has 0 bridgehead atoms. The lowest BCUT2D eigenvalue weighted by Crippen LogP contribution is -2.36. The predicted octanol–water partition coefficient (Wildman–Crippen LogP) is 0.731. The van der Waals surface area contributed by atoms with E-state index in [0.29, 0.717) is 30.7 Å². The first-order chi connectivity index (χ1) is 10.5. The number of carbonyl (C=O) groups excluding carboxylic acids is 1. The summed E-state index contributed by atoms with van der Waals surface area (Å²) >= 11 is 4.66. The second-order valence-corrected chi connectivity index (χ2v) is 4.90. The summed E-state index contributed by atoms with van der Waals surface area (Å²) in [4.78, 5) is 26.1. The van der Waals surface area contributed by atoms with E-state index in [-0.39, 0.29) is 11.7 Å². The molecule has 22 heavy (non-hydrogen) atoms. The number of nitrogens with two attached hydrogens (primary N) is 2. The van der Waals surface area contributed by atoms with Crippen molar-refractivity contribution >= 4 is 23.3 Å². The van der Waals surface area contributed by atoms with Gasteiger partial charge in [0.1, 0.15) is 18.4 Å². The molecule has 1 rings (SSSR count). The lowest BCUT2D eigenvalue weighted by atomic mass is 10.1. The molecule has 1 unspecified atom stereocenters. The molecule has 0 aliphatic rings. The second kappa shape index (κ2) is 9.64. The molecular formula is C13H18N4O4S. The van der Waals surface area contributed by atoms with Crippen LogP contribution in [-0.2, 0) is 16.2 Å². The summed E-state index contributed by atoms with van der Waals surface area (Å²) in [6.07, 6.45) is 1.07. The smallest absolute Gasteiger partial charge is 0.328 e. The Labute approximate surface area is 133 Å². The number of benzene rings is 1. The summed E-state index contributed by atoms with van der Waals surface area (Å²) in [6, 6.07) is 5.82. The molecule has 8 nitrogen and oxygen atoms in total. The molecule has 0 heterocycles. The number of hydrogen-bond donors (Lipinski definition) is 3. The van der Waals surface area contributed by atoms with Crippen molar-refractivity contribution in [2.45, 2.75) is 25.5 Å². The first kappa shape index (κ1) is 17.8. The maximum absolute atomic E-state index is 11.8. The Hall–Kier alpha value is -2.26. The molecule has 0 aromatic heterocycles. The quantitative estimate of drug-likeness (QED) is 0.151. The van der Waals surface area contributed by atoms with Crippen LogP contribution in [0.25, 0.3) is 0 Å². The van der Waals surface area contributed by atoms with Crippen molar-refractivity contribution in [1.29, 1.82) is 0 Å². The molecule has 0 saturated heterocycles. The highest BCUT2D eigenvalue weighted by Gasteiger charge is 2.15. The third-order valence-electron chi connectivity index (χ3n) is 2.69. The molecule has 0 saturated carbocycles. The predicted molar refractivity (Wildman–Crippen MR) is 84.7 cm³/mol. The number of carbonyl (C=O) groups is 1. The first-order valence-corrected chi connectivity index (χ1v) is 6.98. The lowest BCUT2D eigenvalue weighted by molar-refractivity contribution is -0.136. The molecule has 0 spiro atoms. The highest BCUT2D eigenvalue weighted by Crippen LogP contribution is 2.15. The fourth-order valence-electron chi connectivity index (χ4n) is 1.64. The Bertz CT molecular complexity index is 527. The Morgan fingerprint density at radius 2 is 2.23 bits per heavy atom. The van der Waals surface area contributed by atoms with Gasteiger partial charge in [0.05, 0.1) is 0 Å². The Morgan fingerprint density at radius 1 is 1.45 bits per heavy atom. The van der Waals surface area contributed by atoms with Crippen molar-refractivity contribution in [3.63, 3.8) is 0 Å². The van der Waals surface area contributed by atoms with Gasteiger partial charge in [-0.15, -0.1) is 4.91 Å². The summed E-state index contributed by atoms with van der Waals surface area (Å²) in [5, 5.41) is 5.28. The van der Waals surface area contributed by atoms with E-state index >= 15 is 0 Å². The van der Waals surface area contributed by atoms with Crippen LogP contribution in [0.4, 0.5) is 0 Å². The summed E-state index contributed by atoms with van der Waals surface area (Å²) < 4.78 is 5.18. The van der Waals surface area contributed by atoms with Gasteiger partial charge in [-0.25, -0.2) is 4.79 Å². The number of nitrogens with zero attached hydrogens (tertiary/aromatic N) is 1. The minimum atomic E-state index is -0.746. The molecule has 120 valence electrons. The van der Waals surface area contributed by atoms with Crippen molar-refractivity contribution in [2.75, 3.05) is 6.54 Å². The van der Waals surface area contributed by atoms with Gasteiger partial charge < -0.3 is 26.4 Å². The van der Waals surface area contributed by atoms with E-state index in [1.54, 1.807) is 24.3 Å². The van der Waals surface area contributed by atoms with Crippen molar-refractivity contribution in [3.05, 3.63) is 34.7 Å². The van der Waals surface area contributed by atoms with Gasteiger partial charge in [-0.05, 0) is 42.8 Å². The summed E-state index contributed by atoms with van der Waals surface area (Å²) in [5.74, 6) is -0.212. The van der Waals surface area contributed by atoms with E-state index in [0.717, 1.165) is 0 Å². The van der Waals surface area contributed by atoms with Gasteiger partial charge in [0.2, 0.25) is 0 Å². The lowest BCUT2D eigenvalue weighted by Gasteiger charge is -2.12. The minimum Gasteiger partial charge on any atom is -0.425 e. The fraction of sp³-hybridized carbons (Fsp3) is 0.385. The van der Waals surface area contributed by atoms with Crippen molar-refractivity contribution in [3.8, 4) is 5.75 Å². The van der Waals surface area contributed by atoms with Crippen LogP contribution < -0.4 is 21.5 Å². The van der Waals surface area contributed by atoms with Crippen molar-refractivity contribution < 1.29 is 14.4 Å². The number of thiocarbonyl (C=S) groups is 1. The molecular weight excluding hydrogens is 308 g/mol. The topological polar surface area (TPSA) is 129 Å². The van der Waals surface area contributed by atoms with Gasteiger partial charge >= 0.3 is 5.97 Å². The van der Waals surface area contributed by atoms with E-state index in [4.69, 9.17) is 16.2 Å². The standard InChI is InChI=1S/C13H18N4O4S/c14-11(5-2-6-16-13(15)22)12(18)21-10-4-1-3-9(7-10)8-20-17-19/h1,3-4,7,11H,2,5-6,8,14H2,(H3,15,16,22). The first-order valence-electron chi connectivity index (χ1n) is 6.57. The number of ether oxygens (including phenoxy) is 1. The maximum Gasteiger partial charge on any atom is 0.328 e. The molecule has 1 atom stereocenters. The van der Waals surface area contributed by atoms with E-state index < -0.39 is 12.0 Å². The van der Waals surface area contributed by atoms with Gasteiger partial charge in [0.15, 0.2) is 10.5 Å². The molecule has 1 aromatic carbocycles. The molecule has 1 aromatic rings. The fourth-order valence-corrected chi connectivity index (χ4v) is 1.74. The zero-order chi connectivity index (χ0) is 16.4. The van der Waals surface area contributed by atoms with Gasteiger partial charge in [0.25, 0.3) is 0 Å². The number of esters is 1. The SMILES string of the molecule is NC(=S)NCCCC(N)C(=O)Oc1cccc(CON=O)c1. The normalized spacial score (nSPS) is 11.3. The monoisotopic (exact) mass is 326 g/mol. The molecule has 0 aliphatic heterocycles.